The van der Waals surface area contributed by atoms with E-state index < -0.39 is 11.9 Å². The number of nitrogen functional groups attached to an aromatic ring is 1. The Morgan fingerprint density at radius 1 is 1.40 bits per heavy atom. The normalized spacial score (nSPS) is 32.8. The zero-order valence-corrected chi connectivity index (χ0v) is 21.6. The minimum Gasteiger partial charge on any atom is -0.477 e. The smallest absolute Gasteiger partial charge is 0.352 e. The molecule has 0 radical (unpaired) electrons. The number of nitrogens with two attached hydrogens (primary N) is 1. The van der Waals surface area contributed by atoms with Crippen molar-refractivity contribution < 1.29 is 24.0 Å². The zero-order chi connectivity index (χ0) is 24.9. The Hall–Kier alpha value is -2.42. The summed E-state index contributed by atoms with van der Waals surface area (Å²) in [7, 11) is 5.79. The molecule has 5 heterocycles. The first kappa shape index (κ1) is 24.3. The van der Waals surface area contributed by atoms with E-state index in [9.17, 15) is 14.7 Å². The molecule has 0 aromatic carbocycles. The summed E-state index contributed by atoms with van der Waals surface area (Å²) in [6.07, 6.45) is 1.22. The zero-order valence-electron chi connectivity index (χ0n) is 20.0. The number of carboxylic acids is 1. The SMILES string of the molecule is CO/N=C(\C(=O)N[C@@H]1CN2C(C(=O)O)=C(C[N+]3(C)CC4CCN(C)C4C3)CS[C@H]12)c1nsc(N)n1. The molecule has 3 saturated heterocycles. The highest BCUT2D eigenvalue weighted by atomic mass is 32.2. The highest BCUT2D eigenvalue weighted by Crippen LogP contribution is 2.41. The van der Waals surface area contributed by atoms with E-state index in [1.807, 2.05) is 4.90 Å². The molecule has 3 fully saturated rings. The van der Waals surface area contributed by atoms with Crippen molar-refractivity contribution in [3.63, 3.8) is 0 Å². The molecule has 3 unspecified atom stereocenters. The number of rotatable bonds is 7. The number of hydrogen-bond donors (Lipinski definition) is 3. The van der Waals surface area contributed by atoms with Crippen molar-refractivity contribution in [2.24, 2.45) is 11.1 Å². The average Bonchev–Trinajstić information content (AvgIpc) is 3.45. The van der Waals surface area contributed by atoms with Crippen molar-refractivity contribution >= 4 is 46.0 Å². The molecule has 0 aliphatic carbocycles. The molecule has 5 atom stereocenters. The predicted molar refractivity (Wildman–Crippen MR) is 133 cm³/mol. The summed E-state index contributed by atoms with van der Waals surface area (Å²) in [5.74, 6) is 0.0502. The fourth-order valence-electron chi connectivity index (χ4n) is 5.99. The number of aliphatic carboxylic acids is 1. The standard InChI is InChI=1S/C21H30N8O4S2/c1-27-5-4-11-7-29(2,9-14(11)27)8-12-10-34-19-13(6-28(19)16(12)20(31)32)23-18(30)15(25-33-3)17-24-21(22)35-26-17/h11,13-14,19H,4-10H2,1-3H3,(H3-,22,23,24,26,30,31,32)/p+1/b25-15-/t11?,13-,14?,19-,29?/m1/s1. The number of oxime groups is 1. The fraction of sp³-hybridized carbons (Fsp3) is 0.667. The number of likely N-dealkylation sites (N-methyl/N-ethyl adjacent to an activating group) is 2. The van der Waals surface area contributed by atoms with Crippen molar-refractivity contribution in [1.82, 2.24) is 24.5 Å². The van der Waals surface area contributed by atoms with Gasteiger partial charge in [0.25, 0.3) is 5.91 Å². The van der Waals surface area contributed by atoms with E-state index in [-0.39, 0.29) is 28.1 Å². The maximum atomic E-state index is 12.9. The van der Waals surface area contributed by atoms with E-state index in [4.69, 9.17) is 10.6 Å². The lowest BCUT2D eigenvalue weighted by Crippen LogP contribution is -2.67. The maximum Gasteiger partial charge on any atom is 0.352 e. The Labute approximate surface area is 211 Å². The first-order chi connectivity index (χ1) is 16.7. The average molecular weight is 524 g/mol. The van der Waals surface area contributed by atoms with Crippen LogP contribution in [0.1, 0.15) is 12.2 Å². The Morgan fingerprint density at radius 2 is 2.20 bits per heavy atom. The molecule has 4 aliphatic heterocycles. The molecule has 0 spiro atoms. The van der Waals surface area contributed by atoms with Crippen molar-refractivity contribution in [3.8, 4) is 0 Å². The Kier molecular flexibility index (Phi) is 6.40. The van der Waals surface area contributed by atoms with Crippen molar-refractivity contribution in [3.05, 3.63) is 17.1 Å². The minimum atomic E-state index is -0.901. The quantitative estimate of drug-likeness (QED) is 0.242. The van der Waals surface area contributed by atoms with Crippen LogP contribution < -0.4 is 11.1 Å². The van der Waals surface area contributed by atoms with Crippen LogP contribution in [0.4, 0.5) is 5.13 Å². The van der Waals surface area contributed by atoms with Gasteiger partial charge >= 0.3 is 5.97 Å². The molecule has 1 aromatic rings. The summed E-state index contributed by atoms with van der Waals surface area (Å²) in [6.45, 7) is 4.46. The van der Waals surface area contributed by atoms with Crippen molar-refractivity contribution in [2.75, 3.05) is 65.4 Å². The molecular weight excluding hydrogens is 492 g/mol. The van der Waals surface area contributed by atoms with Crippen LogP contribution in [0.25, 0.3) is 0 Å². The van der Waals surface area contributed by atoms with Gasteiger partial charge in [-0.1, -0.05) is 5.16 Å². The number of aromatic nitrogens is 2. The first-order valence-electron chi connectivity index (χ1n) is 11.6. The third-order valence-electron chi connectivity index (χ3n) is 7.50. The van der Waals surface area contributed by atoms with E-state index in [0.717, 1.165) is 47.8 Å². The second kappa shape index (κ2) is 9.22. The van der Waals surface area contributed by atoms with Gasteiger partial charge in [-0.3, -0.25) is 9.69 Å². The second-order valence-electron chi connectivity index (χ2n) is 10.0. The largest absolute Gasteiger partial charge is 0.477 e. The lowest BCUT2D eigenvalue weighted by atomic mass is 10.0. The van der Waals surface area contributed by atoms with Gasteiger partial charge in [0.15, 0.2) is 5.13 Å². The molecule has 190 valence electrons. The Bertz CT molecular complexity index is 1090. The maximum absolute atomic E-state index is 12.9. The van der Waals surface area contributed by atoms with E-state index in [1.54, 1.807) is 11.8 Å². The number of carbonyl (C=O) groups excluding carboxylic acids is 1. The third kappa shape index (κ3) is 4.47. The van der Waals surface area contributed by atoms with Gasteiger partial charge in [-0.15, -0.1) is 11.8 Å². The predicted octanol–water partition coefficient (Wildman–Crippen LogP) is -0.537. The molecule has 0 bridgehead atoms. The number of anilines is 1. The number of fused-ring (bicyclic) bond motifs is 2. The number of likely N-dealkylation sites (tertiary alicyclic amines) is 2. The molecule has 5 rings (SSSR count). The van der Waals surface area contributed by atoms with E-state index in [2.05, 4.69) is 38.8 Å². The molecule has 12 nitrogen and oxygen atoms in total. The minimum absolute atomic E-state index is 0.0589. The van der Waals surface area contributed by atoms with Crippen LogP contribution >= 0.6 is 23.3 Å². The summed E-state index contributed by atoms with van der Waals surface area (Å²) in [5, 5.41) is 16.9. The van der Waals surface area contributed by atoms with Crippen LogP contribution in [0, 0.1) is 5.92 Å². The van der Waals surface area contributed by atoms with Crippen LogP contribution in [0.5, 0.6) is 0 Å². The van der Waals surface area contributed by atoms with Gasteiger partial charge in [-0.2, -0.15) is 9.36 Å². The van der Waals surface area contributed by atoms with Crippen LogP contribution in [0.15, 0.2) is 16.4 Å². The van der Waals surface area contributed by atoms with Gasteiger partial charge < -0.3 is 30.4 Å². The number of carboxylic acid groups (broad SMARTS) is 1. The monoisotopic (exact) mass is 523 g/mol. The van der Waals surface area contributed by atoms with Crippen molar-refractivity contribution in [1.29, 1.82) is 0 Å². The number of thioether (sulfide) groups is 1. The summed E-state index contributed by atoms with van der Waals surface area (Å²) in [6, 6.07) is 0.359. The van der Waals surface area contributed by atoms with Crippen LogP contribution in [-0.4, -0.2) is 123 Å². The summed E-state index contributed by atoms with van der Waals surface area (Å²) >= 11 is 2.64. The van der Waals surface area contributed by atoms with Gasteiger partial charge in [0.05, 0.1) is 37.6 Å². The van der Waals surface area contributed by atoms with Gasteiger partial charge in [0.1, 0.15) is 19.4 Å². The molecule has 4 aliphatic rings. The van der Waals surface area contributed by atoms with Crippen molar-refractivity contribution in [2.45, 2.75) is 23.9 Å². The lowest BCUT2D eigenvalue weighted by Gasteiger charge is -2.52. The number of hydrogen-bond acceptors (Lipinski definition) is 11. The molecular formula is C21H31N8O4S2+. The topological polar surface area (TPSA) is 146 Å². The van der Waals surface area contributed by atoms with E-state index in [0.29, 0.717) is 30.0 Å². The van der Waals surface area contributed by atoms with Crippen LogP contribution in [0.3, 0.4) is 0 Å². The number of carbonyl (C=O) groups is 2. The summed E-state index contributed by atoms with van der Waals surface area (Å²) < 4.78 is 4.92. The number of quaternary nitrogens is 1. The third-order valence-corrected chi connectivity index (χ3v) is 9.49. The van der Waals surface area contributed by atoms with Gasteiger partial charge in [0.2, 0.25) is 11.5 Å². The number of nitrogens with one attached hydrogen (secondary N) is 1. The van der Waals surface area contributed by atoms with E-state index >= 15 is 0 Å². The van der Waals surface area contributed by atoms with Gasteiger partial charge in [0, 0.05) is 35.3 Å². The Balaban J connectivity index is 1.27. The molecule has 35 heavy (non-hydrogen) atoms. The van der Waals surface area contributed by atoms with Crippen LogP contribution in [-0.2, 0) is 14.4 Å². The molecule has 4 N–H and O–H groups in total. The van der Waals surface area contributed by atoms with E-state index in [1.165, 1.54) is 13.5 Å². The highest BCUT2D eigenvalue weighted by molar-refractivity contribution is 8.00. The fourth-order valence-corrected chi connectivity index (χ4v) is 7.79. The number of amides is 1. The molecule has 1 aromatic heterocycles. The van der Waals surface area contributed by atoms with Gasteiger partial charge in [-0.25, -0.2) is 4.79 Å². The van der Waals surface area contributed by atoms with Gasteiger partial charge in [-0.05, 0) is 20.0 Å². The van der Waals surface area contributed by atoms with Crippen LogP contribution in [0.2, 0.25) is 0 Å². The lowest BCUT2D eigenvalue weighted by molar-refractivity contribution is -0.895. The molecule has 0 saturated carbocycles. The second-order valence-corrected chi connectivity index (χ2v) is 11.9. The Morgan fingerprint density at radius 3 is 2.86 bits per heavy atom. The summed E-state index contributed by atoms with van der Waals surface area (Å²) in [4.78, 5) is 38.4. The summed E-state index contributed by atoms with van der Waals surface area (Å²) in [5.41, 5.74) is 6.96. The highest BCUT2D eigenvalue weighted by Gasteiger charge is 2.51. The number of nitrogens with zero attached hydrogens (tertiary/aromatic N) is 6. The molecule has 1 amide bonds. The molecule has 14 heteroatoms. The first-order valence-corrected chi connectivity index (χ1v) is 13.4.